The Kier molecular flexibility index (Phi) is 30.5. The highest BCUT2D eigenvalue weighted by molar-refractivity contribution is 5.66. The number of nitrogens with two attached hydrogens (primary N) is 2. The maximum absolute atomic E-state index is 6.34. The predicted octanol–water partition coefficient (Wildman–Crippen LogP) is 23.2. The highest BCUT2D eigenvalue weighted by atomic mass is 16.6. The molecule has 0 radical (unpaired) electrons. The van der Waals surface area contributed by atoms with Crippen LogP contribution in [0.5, 0.6) is 106 Å². The summed E-state index contributed by atoms with van der Waals surface area (Å²) in [5, 5.41) is 44.0. The molecule has 8 aromatic heterocycles. The van der Waals surface area contributed by atoms with Gasteiger partial charge in [-0.1, -0.05) is 140 Å². The second kappa shape index (κ2) is 43.9. The Bertz CT molecular complexity index is 6370. The van der Waals surface area contributed by atoms with Crippen molar-refractivity contribution in [2.24, 2.45) is 11.6 Å². The first-order valence-electron chi connectivity index (χ1n) is 45.3. The molecule has 706 valence electrons. The molecule has 4 N–H and O–H groups in total. The van der Waals surface area contributed by atoms with Crippen LogP contribution in [0.25, 0.3) is 62.0 Å². The van der Waals surface area contributed by atoms with Crippen LogP contribution >= 0.6 is 0 Å². The highest BCUT2D eigenvalue weighted by Crippen LogP contribution is 2.37. The highest BCUT2D eigenvalue weighted by Gasteiger charge is 2.22. The molecule has 0 atom stereocenters. The minimum atomic E-state index is -0.0654. The van der Waals surface area contributed by atoms with Crippen molar-refractivity contribution in [2.75, 3.05) is 0 Å². The first kappa shape index (κ1) is 95.8. The Hall–Kier alpha value is -16.8. The Labute approximate surface area is 799 Å². The van der Waals surface area contributed by atoms with Crippen LogP contribution in [0.3, 0.4) is 0 Å². The summed E-state index contributed by atoms with van der Waals surface area (Å²) in [4.78, 5) is 39.8. The van der Waals surface area contributed by atoms with Gasteiger partial charge in [-0.2, -0.15) is 0 Å². The third-order valence-electron chi connectivity index (χ3n) is 21.2. The van der Waals surface area contributed by atoms with Crippen molar-refractivity contribution in [2.45, 2.75) is 179 Å². The zero-order valence-electron chi connectivity index (χ0n) is 80.0. The maximum Gasteiger partial charge on any atom is 0.331 e. The fourth-order valence-corrected chi connectivity index (χ4v) is 13.0. The molecule has 0 saturated heterocycles. The average molecular weight is 1860 g/mol. The van der Waals surface area contributed by atoms with Crippen molar-refractivity contribution in [3.05, 3.63) is 278 Å². The summed E-state index contributed by atoms with van der Waals surface area (Å²) in [7, 11) is 0. The fraction of sp³-hybridized carbons (Fsp3) is 0.265. The van der Waals surface area contributed by atoms with Crippen molar-refractivity contribution in [1.29, 1.82) is 0 Å². The smallest absolute Gasteiger partial charge is 0.331 e. The minimum Gasteiger partial charge on any atom is -0.424 e. The zero-order valence-corrected chi connectivity index (χ0v) is 80.0. The largest absolute Gasteiger partial charge is 0.424 e. The summed E-state index contributed by atoms with van der Waals surface area (Å²) in [5.74, 6) is 12.0. The minimum absolute atomic E-state index is 0.0164. The van der Waals surface area contributed by atoms with Crippen LogP contribution < -0.4 is 54.2 Å². The average Bonchev–Trinajstić information content (AvgIpc) is 1.65. The second-order valence-electron chi connectivity index (χ2n) is 34.8. The Balaban J connectivity index is 0.000000160. The molecular formula is C102H109N27O9. The van der Waals surface area contributed by atoms with Crippen LogP contribution in [0.15, 0.2) is 256 Å². The van der Waals surface area contributed by atoms with Gasteiger partial charge in [0.15, 0.2) is 0 Å². The Morgan fingerprint density at radius 3 is 0.681 bits per heavy atom. The van der Waals surface area contributed by atoms with Crippen molar-refractivity contribution in [1.82, 2.24) is 125 Å². The molecule has 0 unspecified atom stereocenters. The van der Waals surface area contributed by atoms with Gasteiger partial charge in [0.1, 0.15) is 80.2 Å². The first-order chi connectivity index (χ1) is 66.4. The van der Waals surface area contributed by atoms with Crippen LogP contribution in [0.1, 0.15) is 195 Å². The van der Waals surface area contributed by atoms with Crippen molar-refractivity contribution in [3.8, 4) is 162 Å². The monoisotopic (exact) mass is 1860 g/mol. The van der Waals surface area contributed by atoms with Crippen molar-refractivity contribution < 1.29 is 42.6 Å². The zero-order chi connectivity index (χ0) is 97.2. The van der Waals surface area contributed by atoms with Crippen LogP contribution in [-0.4, -0.2) is 131 Å². The third kappa shape index (κ3) is 25.8. The summed E-state index contributed by atoms with van der Waals surface area (Å²) in [6, 6.07) is 68.7. The van der Waals surface area contributed by atoms with Crippen LogP contribution in [0.2, 0.25) is 0 Å². The Morgan fingerprint density at radius 2 is 0.464 bits per heavy atom. The lowest BCUT2D eigenvalue weighted by Gasteiger charge is -2.19. The van der Waals surface area contributed by atoms with Gasteiger partial charge in [-0.05, 0) is 263 Å². The molecular weight excluding hydrogens is 1750 g/mol. The summed E-state index contributed by atoms with van der Waals surface area (Å²) in [6.07, 6.45) is 11.1. The van der Waals surface area contributed by atoms with E-state index >= 15 is 0 Å². The molecule has 0 amide bonds. The number of ether oxygens (including phenoxy) is 9. The lowest BCUT2D eigenvalue weighted by molar-refractivity contribution is 0.324. The summed E-state index contributed by atoms with van der Waals surface area (Å²) < 4.78 is 63.5. The molecule has 0 aliphatic carbocycles. The van der Waals surface area contributed by atoms with E-state index in [4.69, 9.17) is 54.2 Å². The lowest BCUT2D eigenvalue weighted by Crippen LogP contribution is -2.32. The molecule has 0 saturated carbocycles. The number of aromatic nitrogens is 24. The number of rotatable bonds is 34. The van der Waals surface area contributed by atoms with E-state index in [0.29, 0.717) is 92.1 Å². The van der Waals surface area contributed by atoms with E-state index in [0.717, 1.165) is 44.9 Å². The summed E-state index contributed by atoms with van der Waals surface area (Å²) >= 11 is 0. The number of hydrogen-bond acceptors (Lipinski definition) is 31. The van der Waals surface area contributed by atoms with E-state index in [1.807, 2.05) is 280 Å². The van der Waals surface area contributed by atoms with Crippen molar-refractivity contribution >= 4 is 5.70 Å². The molecule has 17 aromatic rings. The molecule has 0 fully saturated rings. The predicted molar refractivity (Wildman–Crippen MR) is 521 cm³/mol. The second-order valence-corrected chi connectivity index (χ2v) is 34.8. The van der Waals surface area contributed by atoms with E-state index in [2.05, 4.69) is 138 Å². The molecule has 0 spiro atoms. The van der Waals surface area contributed by atoms with Gasteiger partial charge in [-0.3, -0.25) is 0 Å². The lowest BCUT2D eigenvalue weighted by atomic mass is 10.0. The van der Waals surface area contributed by atoms with Crippen LogP contribution in [-0.2, 0) is 0 Å². The number of hydrazine groups is 1. The van der Waals surface area contributed by atoms with E-state index in [-0.39, 0.29) is 90.3 Å². The molecule has 36 heteroatoms. The molecule has 0 aliphatic heterocycles. The van der Waals surface area contributed by atoms with E-state index in [9.17, 15) is 0 Å². The van der Waals surface area contributed by atoms with Gasteiger partial charge in [0, 0.05) is 75.8 Å². The van der Waals surface area contributed by atoms with Crippen LogP contribution in [0, 0.1) is 0 Å². The molecule has 8 heterocycles. The SMILES string of the molecule is CC(C)N(N)/C=C(\N)c1cccc(Oc2nc(Oc3cccc(-c4cn(C(C)C)nn4)c3)nc(Oc3cccc(-c4cn(C(C)C)nn4)c3)n2)c1.CC(C)c1ccc(Oc2nc(Oc3ccc(C(C)C)cc3)nc(Oc3ccc(C(C)C)cc3)n2)cc1.CC(C)n1cc(-c2ccc(Oc3nc(Oc4ccc(-c5cn(C(C)C)nn5)cc4)nc(Oc4ccc(-c5cn(C(C)C)nn5)cc4)n3)cc2)nn1. The molecule has 9 aromatic carbocycles. The molecule has 36 nitrogen and oxygen atoms in total. The number of benzene rings is 9. The standard InChI is InChI=1S/C36H36N12O3.C36H40N12O3.C30H33N3O3/c1-22(2)46-19-31(40-43-46)25-7-13-28(14-8-25)49-34-37-35(50-29-15-9-26(10-16-29)32-20-47(23(3)4)44-41-32)39-36(38-34)51-30-17-11-27(12-18-30)33-21-48(24(5)6)45-42-33;1-22(2)46(38)19-31(37)25-10-7-13-28(16-25)49-34-39-35(50-29-14-8-11-26(17-29)32-20-47(23(3)4)44-42-32)41-36(40-34)51-30-15-9-12-27(18-30)33-21-48(24(5)6)45-43-33;1-19(2)22-7-13-25(14-8-22)34-28-31-29(35-26-15-9-23(10-16-26)20(3)4)33-30(32-28)36-27-17-11-24(12-18-27)21(5)6/h7-24H,1-6H3;7-24H,37-38H2,1-6H3;7-21H,1-6H3/b;31-19-;. The summed E-state index contributed by atoms with van der Waals surface area (Å²) in [6.45, 7) is 37.3. The van der Waals surface area contributed by atoms with Gasteiger partial charge in [0.2, 0.25) is 0 Å². The topological polar surface area (TPSA) is 408 Å². The van der Waals surface area contributed by atoms with E-state index < -0.39 is 0 Å². The molecule has 138 heavy (non-hydrogen) atoms. The van der Waals surface area contributed by atoms with Crippen molar-refractivity contribution in [3.63, 3.8) is 0 Å². The molecule has 0 aliphatic rings. The molecule has 0 bridgehead atoms. The van der Waals surface area contributed by atoms with Crippen LogP contribution in [0.4, 0.5) is 0 Å². The quantitative estimate of drug-likeness (QED) is 0.0279. The number of nitrogens with zero attached hydrogens (tertiary/aromatic N) is 25. The summed E-state index contributed by atoms with van der Waals surface area (Å²) in [5.41, 5.74) is 19.1. The van der Waals surface area contributed by atoms with Gasteiger partial charge < -0.3 is 53.4 Å². The molecule has 17 rings (SSSR count). The fourth-order valence-electron chi connectivity index (χ4n) is 13.0. The number of hydrogen-bond donors (Lipinski definition) is 2. The third-order valence-corrected chi connectivity index (χ3v) is 21.2. The van der Waals surface area contributed by atoms with Gasteiger partial charge in [0.25, 0.3) is 0 Å². The van der Waals surface area contributed by atoms with Gasteiger partial charge in [0.05, 0.1) is 36.7 Å². The van der Waals surface area contributed by atoms with E-state index in [1.165, 1.54) is 21.7 Å². The maximum atomic E-state index is 6.34. The van der Waals surface area contributed by atoms with Gasteiger partial charge >= 0.3 is 54.1 Å². The first-order valence-corrected chi connectivity index (χ1v) is 45.3. The van der Waals surface area contributed by atoms with Gasteiger partial charge in [-0.15, -0.1) is 70.3 Å². The normalized spacial score (nSPS) is 11.5. The van der Waals surface area contributed by atoms with E-state index in [1.54, 1.807) is 82.3 Å². The van der Waals surface area contributed by atoms with Gasteiger partial charge in [-0.25, -0.2) is 29.3 Å². The Morgan fingerprint density at radius 1 is 0.254 bits per heavy atom.